The van der Waals surface area contributed by atoms with Gasteiger partial charge in [-0.05, 0) is 69.5 Å². The molecule has 0 saturated carbocycles. The van der Waals surface area contributed by atoms with Gasteiger partial charge in [0.1, 0.15) is 0 Å². The van der Waals surface area contributed by atoms with E-state index in [0.29, 0.717) is 38.4 Å². The maximum atomic E-state index is 13.9. The zero-order valence-electron chi connectivity index (χ0n) is 26.2. The average Bonchev–Trinajstić information content (AvgIpc) is 2.96. The second-order valence-corrected chi connectivity index (χ2v) is 12.5. The highest BCUT2D eigenvalue weighted by molar-refractivity contribution is 5.85. The lowest BCUT2D eigenvalue weighted by Crippen LogP contribution is -2.65. The normalized spacial score (nSPS) is 18.8. The number of benzene rings is 2. The van der Waals surface area contributed by atoms with E-state index < -0.39 is 12.1 Å². The summed E-state index contributed by atoms with van der Waals surface area (Å²) in [4.78, 5) is 31.8. The molecule has 2 aromatic rings. The van der Waals surface area contributed by atoms with Gasteiger partial charge in [0, 0.05) is 38.3 Å². The van der Waals surface area contributed by atoms with Gasteiger partial charge >= 0.3 is 0 Å². The van der Waals surface area contributed by atoms with Crippen molar-refractivity contribution < 1.29 is 9.59 Å². The summed E-state index contributed by atoms with van der Waals surface area (Å²) in [6.07, 6.45) is 4.50. The van der Waals surface area contributed by atoms with E-state index in [1.54, 1.807) is 0 Å². The molecule has 1 aliphatic rings. The Kier molecular flexibility index (Phi) is 13.4. The van der Waals surface area contributed by atoms with Crippen molar-refractivity contribution in [2.75, 3.05) is 32.7 Å². The molecule has 7 N–H and O–H groups in total. The maximum absolute atomic E-state index is 13.9. The number of carbonyl (C=O) groups excluding carboxylic acids is 2. The summed E-state index contributed by atoms with van der Waals surface area (Å²) in [6, 6.07) is 14.9. The van der Waals surface area contributed by atoms with Crippen LogP contribution in [0.1, 0.15) is 61.8 Å². The molecule has 2 amide bonds. The molecule has 4 atom stereocenters. The number of nitrogens with zero attached hydrogens (tertiary/aromatic N) is 2. The van der Waals surface area contributed by atoms with Gasteiger partial charge in [-0.1, -0.05) is 79.9 Å². The number of nitrogens with one attached hydrogen (secondary N) is 1. The Balaban J connectivity index is 1.78. The second-order valence-electron chi connectivity index (χ2n) is 12.5. The predicted octanol–water partition coefficient (Wildman–Crippen LogP) is 2.92. The number of aryl methyl sites for hydroxylation is 2. The summed E-state index contributed by atoms with van der Waals surface area (Å²) in [7, 11) is 0. The SMILES string of the molecule is Cc1ccc(CC(N)C(=O)N2C[C@H](CCCCNCCN)N(C(=O)C(N)Cc3ccc(C)cc3)C[C@H]2CC(C)C)cc1. The molecule has 42 heavy (non-hydrogen) atoms. The van der Waals surface area contributed by atoms with Crippen LogP contribution in [0.2, 0.25) is 0 Å². The van der Waals surface area contributed by atoms with Crippen LogP contribution in [-0.4, -0.2) is 78.5 Å². The van der Waals surface area contributed by atoms with Gasteiger partial charge in [0.25, 0.3) is 0 Å². The maximum Gasteiger partial charge on any atom is 0.240 e. The molecule has 2 unspecified atom stereocenters. The Morgan fingerprint density at radius 3 is 1.74 bits per heavy atom. The van der Waals surface area contributed by atoms with Gasteiger partial charge in [-0.3, -0.25) is 9.59 Å². The number of amides is 2. The first-order chi connectivity index (χ1) is 20.1. The van der Waals surface area contributed by atoms with Crippen LogP contribution < -0.4 is 22.5 Å². The first kappa shape index (κ1) is 33.7. The summed E-state index contributed by atoms with van der Waals surface area (Å²) < 4.78 is 0. The summed E-state index contributed by atoms with van der Waals surface area (Å²) in [5, 5.41) is 3.35. The van der Waals surface area contributed by atoms with Crippen LogP contribution in [0.15, 0.2) is 48.5 Å². The van der Waals surface area contributed by atoms with Crippen molar-refractivity contribution in [3.63, 3.8) is 0 Å². The minimum absolute atomic E-state index is 0.0353. The topological polar surface area (TPSA) is 131 Å². The number of carbonyl (C=O) groups is 2. The Morgan fingerprint density at radius 1 is 0.786 bits per heavy atom. The second kappa shape index (κ2) is 16.8. The van der Waals surface area contributed by atoms with Crippen molar-refractivity contribution in [3.8, 4) is 0 Å². The van der Waals surface area contributed by atoms with E-state index in [-0.39, 0.29) is 23.9 Å². The van der Waals surface area contributed by atoms with Crippen molar-refractivity contribution in [1.29, 1.82) is 0 Å². The minimum atomic E-state index is -0.632. The number of hydrogen-bond acceptors (Lipinski definition) is 6. The fourth-order valence-electron chi connectivity index (χ4n) is 5.90. The van der Waals surface area contributed by atoms with E-state index >= 15 is 0 Å². The van der Waals surface area contributed by atoms with Gasteiger partial charge in [0.2, 0.25) is 11.8 Å². The summed E-state index contributed by atoms with van der Waals surface area (Å²) in [6.45, 7) is 11.7. The molecule has 0 spiro atoms. The third kappa shape index (κ3) is 10.2. The molecule has 1 aliphatic heterocycles. The molecule has 3 rings (SSSR count). The Bertz CT molecular complexity index is 1100. The van der Waals surface area contributed by atoms with Crippen molar-refractivity contribution in [3.05, 3.63) is 70.8 Å². The molecule has 0 aromatic heterocycles. The van der Waals surface area contributed by atoms with Crippen LogP contribution in [0.5, 0.6) is 0 Å². The van der Waals surface area contributed by atoms with Crippen molar-refractivity contribution >= 4 is 11.8 Å². The predicted molar refractivity (Wildman–Crippen MR) is 172 cm³/mol. The number of unbranched alkanes of at least 4 members (excludes halogenated alkanes) is 1. The standard InChI is InChI=1S/C34H54N6O2/c1-24(2)19-30-23-39(33(41)31(36)20-27-12-8-25(3)9-13-27)29(7-5-6-17-38-18-16-35)22-40(30)34(42)32(37)21-28-14-10-26(4)11-15-28/h8-15,24,29-32,38H,5-7,16-23,35-37H2,1-4H3/t29-,30+,31?,32?/m0/s1. The third-order valence-corrected chi connectivity index (χ3v) is 8.25. The molecular formula is C34H54N6O2. The lowest BCUT2D eigenvalue weighted by atomic mass is 9.93. The lowest BCUT2D eigenvalue weighted by Gasteiger charge is -2.48. The number of nitrogens with two attached hydrogens (primary N) is 3. The van der Waals surface area contributed by atoms with Crippen LogP contribution >= 0.6 is 0 Å². The van der Waals surface area contributed by atoms with Gasteiger partial charge in [-0.15, -0.1) is 0 Å². The Labute approximate surface area is 253 Å². The number of rotatable bonds is 15. The zero-order valence-corrected chi connectivity index (χ0v) is 26.2. The summed E-state index contributed by atoms with van der Waals surface area (Å²) >= 11 is 0. The third-order valence-electron chi connectivity index (χ3n) is 8.25. The highest BCUT2D eigenvalue weighted by atomic mass is 16.2. The largest absolute Gasteiger partial charge is 0.335 e. The van der Waals surface area contributed by atoms with Crippen LogP contribution in [0.3, 0.4) is 0 Å². The molecular weight excluding hydrogens is 524 g/mol. The fourth-order valence-corrected chi connectivity index (χ4v) is 5.90. The first-order valence-corrected chi connectivity index (χ1v) is 15.7. The molecule has 0 bridgehead atoms. The summed E-state index contributed by atoms with van der Waals surface area (Å²) in [5.41, 5.74) is 23.2. The molecule has 1 heterocycles. The zero-order chi connectivity index (χ0) is 30.6. The quantitative estimate of drug-likeness (QED) is 0.241. The molecule has 8 heteroatoms. The van der Waals surface area contributed by atoms with E-state index in [4.69, 9.17) is 17.2 Å². The van der Waals surface area contributed by atoms with E-state index in [1.165, 1.54) is 11.1 Å². The van der Waals surface area contributed by atoms with Crippen LogP contribution in [0.4, 0.5) is 0 Å². The Morgan fingerprint density at radius 2 is 1.26 bits per heavy atom. The van der Waals surface area contributed by atoms with Crippen LogP contribution in [0.25, 0.3) is 0 Å². The number of piperazine rings is 1. The molecule has 1 fully saturated rings. The highest BCUT2D eigenvalue weighted by Crippen LogP contribution is 2.26. The van der Waals surface area contributed by atoms with Crippen molar-refractivity contribution in [2.24, 2.45) is 23.1 Å². The fraction of sp³-hybridized carbons (Fsp3) is 0.588. The van der Waals surface area contributed by atoms with E-state index in [9.17, 15) is 9.59 Å². The Hall–Kier alpha value is -2.78. The molecule has 232 valence electrons. The van der Waals surface area contributed by atoms with Gasteiger partial charge < -0.3 is 32.3 Å². The minimum Gasteiger partial charge on any atom is -0.335 e. The van der Waals surface area contributed by atoms with Crippen molar-refractivity contribution in [2.45, 2.75) is 90.4 Å². The van der Waals surface area contributed by atoms with Crippen molar-refractivity contribution in [1.82, 2.24) is 15.1 Å². The van der Waals surface area contributed by atoms with Gasteiger partial charge in [0.05, 0.1) is 12.1 Å². The molecule has 8 nitrogen and oxygen atoms in total. The van der Waals surface area contributed by atoms with E-state index in [2.05, 4.69) is 43.4 Å². The lowest BCUT2D eigenvalue weighted by molar-refractivity contribution is -0.149. The monoisotopic (exact) mass is 578 g/mol. The molecule has 0 aliphatic carbocycles. The molecule has 2 aromatic carbocycles. The number of hydrogen-bond donors (Lipinski definition) is 4. The summed E-state index contributed by atoms with van der Waals surface area (Å²) in [5.74, 6) is 0.292. The van der Waals surface area contributed by atoms with Crippen LogP contribution in [0, 0.1) is 19.8 Å². The van der Waals surface area contributed by atoms with Gasteiger partial charge in [-0.2, -0.15) is 0 Å². The smallest absolute Gasteiger partial charge is 0.240 e. The first-order valence-electron chi connectivity index (χ1n) is 15.7. The van der Waals surface area contributed by atoms with Gasteiger partial charge in [-0.25, -0.2) is 0 Å². The average molecular weight is 579 g/mol. The van der Waals surface area contributed by atoms with Crippen LogP contribution in [-0.2, 0) is 22.4 Å². The van der Waals surface area contributed by atoms with Gasteiger partial charge in [0.15, 0.2) is 0 Å². The van der Waals surface area contributed by atoms with E-state index in [1.807, 2.05) is 47.9 Å². The molecule has 0 radical (unpaired) electrons. The molecule has 1 saturated heterocycles. The highest BCUT2D eigenvalue weighted by Gasteiger charge is 2.40. The van der Waals surface area contributed by atoms with E-state index in [0.717, 1.165) is 49.9 Å².